The van der Waals surface area contributed by atoms with Crippen molar-refractivity contribution >= 4 is 11.6 Å². The highest BCUT2D eigenvalue weighted by Gasteiger charge is 2.12. The molecule has 0 saturated heterocycles. The lowest BCUT2D eigenvalue weighted by atomic mass is 10.1. The van der Waals surface area contributed by atoms with Crippen LogP contribution >= 0.6 is 0 Å². The van der Waals surface area contributed by atoms with Crippen molar-refractivity contribution in [2.24, 2.45) is 0 Å². The Labute approximate surface area is 153 Å². The Morgan fingerprint density at radius 3 is 2.48 bits per heavy atom. The van der Waals surface area contributed by atoms with Gasteiger partial charge in [0.05, 0.1) is 12.8 Å². The number of amides is 1. The fraction of sp³-hybridized carbons (Fsp3) is 0.105. The molecule has 0 fully saturated rings. The first kappa shape index (κ1) is 18.2. The second kappa shape index (κ2) is 7.77. The van der Waals surface area contributed by atoms with Gasteiger partial charge in [0.2, 0.25) is 5.91 Å². The second-order valence-electron chi connectivity index (χ2n) is 5.61. The topological polar surface area (TPSA) is 73.2 Å². The molecule has 0 radical (unpaired) electrons. The van der Waals surface area contributed by atoms with Crippen LogP contribution < -0.4 is 15.6 Å². The van der Waals surface area contributed by atoms with Crippen LogP contribution in [-0.4, -0.2) is 22.8 Å². The molecule has 8 heteroatoms. The standard InChI is InChI=1S/C19H15F2N3O3/c1-27-17-10-13(21)4-7-15(17)16-8-9-19(26)24(23-16)11-18(25)22-14-5-2-12(20)3-6-14/h2-10H,11H2,1H3,(H,22,25). The number of methoxy groups -OCH3 is 1. The van der Waals surface area contributed by atoms with E-state index in [4.69, 9.17) is 4.74 Å². The Hall–Kier alpha value is -3.55. The van der Waals surface area contributed by atoms with Crippen molar-refractivity contribution < 1.29 is 18.3 Å². The smallest absolute Gasteiger partial charge is 0.267 e. The van der Waals surface area contributed by atoms with Crippen LogP contribution in [0.5, 0.6) is 5.75 Å². The van der Waals surface area contributed by atoms with Crippen molar-refractivity contribution in [2.45, 2.75) is 6.54 Å². The maximum atomic E-state index is 13.4. The van der Waals surface area contributed by atoms with Gasteiger partial charge >= 0.3 is 0 Å². The molecule has 0 aliphatic heterocycles. The molecule has 1 amide bonds. The Bertz CT molecular complexity index is 1030. The van der Waals surface area contributed by atoms with E-state index in [9.17, 15) is 18.4 Å². The largest absolute Gasteiger partial charge is 0.496 e. The zero-order valence-electron chi connectivity index (χ0n) is 14.3. The zero-order chi connectivity index (χ0) is 19.4. The highest BCUT2D eigenvalue weighted by atomic mass is 19.1. The fourth-order valence-corrected chi connectivity index (χ4v) is 2.45. The first-order chi connectivity index (χ1) is 13.0. The molecule has 0 aliphatic carbocycles. The summed E-state index contributed by atoms with van der Waals surface area (Å²) in [5, 5.41) is 6.71. The van der Waals surface area contributed by atoms with Crippen LogP contribution in [0.15, 0.2) is 59.4 Å². The van der Waals surface area contributed by atoms with Gasteiger partial charge in [0.1, 0.15) is 23.9 Å². The van der Waals surface area contributed by atoms with Gasteiger partial charge in [-0.25, -0.2) is 13.5 Å². The fourth-order valence-electron chi connectivity index (χ4n) is 2.45. The van der Waals surface area contributed by atoms with Crippen LogP contribution in [0.3, 0.4) is 0 Å². The summed E-state index contributed by atoms with van der Waals surface area (Å²) in [6, 6.07) is 11.9. The van der Waals surface area contributed by atoms with Crippen molar-refractivity contribution in [3.05, 3.63) is 76.6 Å². The number of anilines is 1. The third-order valence-electron chi connectivity index (χ3n) is 3.73. The summed E-state index contributed by atoms with van der Waals surface area (Å²) in [4.78, 5) is 24.2. The van der Waals surface area contributed by atoms with E-state index in [2.05, 4.69) is 10.4 Å². The average molecular weight is 371 g/mol. The van der Waals surface area contributed by atoms with E-state index in [1.54, 1.807) is 0 Å². The molecule has 6 nitrogen and oxygen atoms in total. The number of ether oxygens (including phenoxy) is 1. The minimum Gasteiger partial charge on any atom is -0.496 e. The minimum absolute atomic E-state index is 0.253. The third-order valence-corrected chi connectivity index (χ3v) is 3.73. The SMILES string of the molecule is COc1cc(F)ccc1-c1ccc(=O)n(CC(=O)Nc2ccc(F)cc2)n1. The molecular formula is C19H15F2N3O3. The van der Waals surface area contributed by atoms with Crippen LogP contribution in [-0.2, 0) is 11.3 Å². The Morgan fingerprint density at radius 2 is 1.78 bits per heavy atom. The second-order valence-corrected chi connectivity index (χ2v) is 5.61. The molecule has 0 spiro atoms. The molecule has 0 saturated carbocycles. The lowest BCUT2D eigenvalue weighted by molar-refractivity contribution is -0.117. The van der Waals surface area contributed by atoms with Crippen LogP contribution in [0.4, 0.5) is 14.5 Å². The molecule has 2 aromatic carbocycles. The van der Waals surface area contributed by atoms with Crippen LogP contribution in [0.2, 0.25) is 0 Å². The number of rotatable bonds is 5. The minimum atomic E-state index is -0.501. The molecule has 0 bridgehead atoms. The van der Waals surface area contributed by atoms with Gasteiger partial charge in [0, 0.05) is 23.4 Å². The maximum Gasteiger partial charge on any atom is 0.267 e. The number of hydrogen-bond donors (Lipinski definition) is 1. The van der Waals surface area contributed by atoms with E-state index in [0.29, 0.717) is 16.9 Å². The zero-order valence-corrected chi connectivity index (χ0v) is 14.3. The van der Waals surface area contributed by atoms with Crippen LogP contribution in [0, 0.1) is 11.6 Å². The molecule has 1 N–H and O–H groups in total. The number of aromatic nitrogens is 2. The normalized spacial score (nSPS) is 10.5. The van der Waals surface area contributed by atoms with Crippen molar-refractivity contribution in [1.82, 2.24) is 9.78 Å². The van der Waals surface area contributed by atoms with Gasteiger partial charge in [-0.1, -0.05) is 0 Å². The average Bonchev–Trinajstić information content (AvgIpc) is 2.65. The van der Waals surface area contributed by atoms with Gasteiger partial charge in [0.25, 0.3) is 5.56 Å². The molecule has 0 atom stereocenters. The quantitative estimate of drug-likeness (QED) is 0.749. The molecule has 27 heavy (non-hydrogen) atoms. The summed E-state index contributed by atoms with van der Waals surface area (Å²) >= 11 is 0. The van der Waals surface area contributed by atoms with Gasteiger partial charge in [-0.15, -0.1) is 0 Å². The maximum absolute atomic E-state index is 13.4. The predicted molar refractivity (Wildman–Crippen MR) is 95.5 cm³/mol. The van der Waals surface area contributed by atoms with E-state index in [0.717, 1.165) is 4.68 Å². The molecular weight excluding hydrogens is 356 g/mol. The Balaban J connectivity index is 1.84. The number of nitrogens with one attached hydrogen (secondary N) is 1. The summed E-state index contributed by atoms with van der Waals surface area (Å²) < 4.78 is 32.4. The van der Waals surface area contributed by atoms with Crippen molar-refractivity contribution in [3.8, 4) is 17.0 Å². The number of benzene rings is 2. The van der Waals surface area contributed by atoms with Crippen LogP contribution in [0.1, 0.15) is 0 Å². The third kappa shape index (κ3) is 4.35. The molecule has 3 aromatic rings. The summed E-state index contributed by atoms with van der Waals surface area (Å²) in [6.07, 6.45) is 0. The summed E-state index contributed by atoms with van der Waals surface area (Å²) in [7, 11) is 1.39. The van der Waals surface area contributed by atoms with E-state index in [1.165, 1.54) is 61.7 Å². The molecule has 0 aliphatic rings. The van der Waals surface area contributed by atoms with Crippen molar-refractivity contribution in [1.29, 1.82) is 0 Å². The van der Waals surface area contributed by atoms with E-state index < -0.39 is 23.1 Å². The lowest BCUT2D eigenvalue weighted by Crippen LogP contribution is -2.29. The van der Waals surface area contributed by atoms with E-state index >= 15 is 0 Å². The highest BCUT2D eigenvalue weighted by molar-refractivity contribution is 5.90. The van der Waals surface area contributed by atoms with Gasteiger partial charge in [0.15, 0.2) is 0 Å². The predicted octanol–water partition coefficient (Wildman–Crippen LogP) is 2.84. The highest BCUT2D eigenvalue weighted by Crippen LogP contribution is 2.28. The number of nitrogens with zero attached hydrogens (tertiary/aromatic N) is 2. The van der Waals surface area contributed by atoms with Crippen molar-refractivity contribution in [2.75, 3.05) is 12.4 Å². The number of halogens is 2. The van der Waals surface area contributed by atoms with E-state index in [1.807, 2.05) is 0 Å². The monoisotopic (exact) mass is 371 g/mol. The number of hydrogen-bond acceptors (Lipinski definition) is 4. The van der Waals surface area contributed by atoms with Crippen molar-refractivity contribution in [3.63, 3.8) is 0 Å². The number of carbonyl (C=O) groups is 1. The molecule has 1 aromatic heterocycles. The summed E-state index contributed by atoms with van der Waals surface area (Å²) in [5.74, 6) is -1.14. The van der Waals surface area contributed by atoms with Gasteiger partial charge in [-0.3, -0.25) is 9.59 Å². The summed E-state index contributed by atoms with van der Waals surface area (Å²) in [5.41, 5.74) is 0.743. The van der Waals surface area contributed by atoms with Gasteiger partial charge in [-0.2, -0.15) is 5.10 Å². The van der Waals surface area contributed by atoms with Gasteiger partial charge < -0.3 is 10.1 Å². The summed E-state index contributed by atoms with van der Waals surface area (Å²) in [6.45, 7) is -0.340. The molecule has 0 unspecified atom stereocenters. The lowest BCUT2D eigenvalue weighted by Gasteiger charge is -2.11. The molecule has 3 rings (SSSR count). The Kier molecular flexibility index (Phi) is 5.25. The Morgan fingerprint density at radius 1 is 1.07 bits per heavy atom. The number of carbonyl (C=O) groups excluding carboxylic acids is 1. The molecule has 1 heterocycles. The molecule has 138 valence electrons. The first-order valence-electron chi connectivity index (χ1n) is 7.94. The first-order valence-corrected chi connectivity index (χ1v) is 7.94. The van der Waals surface area contributed by atoms with Crippen LogP contribution in [0.25, 0.3) is 11.3 Å². The van der Waals surface area contributed by atoms with Gasteiger partial charge in [-0.05, 0) is 42.5 Å². The van der Waals surface area contributed by atoms with E-state index in [-0.39, 0.29) is 12.3 Å².